The lowest BCUT2D eigenvalue weighted by Crippen LogP contribution is -2.28. The Morgan fingerprint density at radius 2 is 1.88 bits per heavy atom. The van der Waals surface area contributed by atoms with Gasteiger partial charge >= 0.3 is 6.09 Å². The van der Waals surface area contributed by atoms with Gasteiger partial charge in [-0.15, -0.1) is 11.3 Å². The lowest BCUT2D eigenvalue weighted by Gasteiger charge is -2.15. The Bertz CT molecular complexity index is 789. The summed E-state index contributed by atoms with van der Waals surface area (Å²) in [4.78, 5) is 15.2. The summed E-state index contributed by atoms with van der Waals surface area (Å²) in [5.74, 6) is 0.782. The van der Waals surface area contributed by atoms with Crippen LogP contribution in [0.3, 0.4) is 0 Å². The maximum atomic E-state index is 11.0. The predicted octanol–water partition coefficient (Wildman–Crippen LogP) is 4.27. The van der Waals surface area contributed by atoms with Gasteiger partial charge in [0.15, 0.2) is 0 Å². The highest BCUT2D eigenvalue weighted by atomic mass is 32.1. The Balaban J connectivity index is 1.62. The molecule has 25 heavy (non-hydrogen) atoms. The highest BCUT2D eigenvalue weighted by molar-refractivity contribution is 7.09. The summed E-state index contributed by atoms with van der Waals surface area (Å²) in [6.07, 6.45) is 1.17. The molecule has 0 radical (unpaired) electrons. The van der Waals surface area contributed by atoms with Gasteiger partial charge in [-0.25, -0.2) is 9.78 Å². The van der Waals surface area contributed by atoms with Gasteiger partial charge in [-0.2, -0.15) is 0 Å². The van der Waals surface area contributed by atoms with Crippen LogP contribution in [0.2, 0.25) is 0 Å². The number of ether oxygens (including phenoxy) is 1. The van der Waals surface area contributed by atoms with E-state index in [-0.39, 0.29) is 6.04 Å². The molecular formula is C19H18N2O3S. The van der Waals surface area contributed by atoms with Crippen molar-refractivity contribution in [1.29, 1.82) is 0 Å². The first kappa shape index (κ1) is 17.0. The number of nitrogens with zero attached hydrogens (tertiary/aromatic N) is 1. The molecule has 0 aliphatic heterocycles. The van der Waals surface area contributed by atoms with Gasteiger partial charge in [0.25, 0.3) is 0 Å². The first-order chi connectivity index (χ1) is 12.2. The van der Waals surface area contributed by atoms with Crippen LogP contribution in [-0.4, -0.2) is 16.2 Å². The molecule has 128 valence electrons. The Kier molecular flexibility index (Phi) is 5.64. The number of benzene rings is 2. The molecule has 0 aliphatic rings. The minimum absolute atomic E-state index is 0.353. The summed E-state index contributed by atoms with van der Waals surface area (Å²) < 4.78 is 5.77. The van der Waals surface area contributed by atoms with Gasteiger partial charge in [0.1, 0.15) is 17.4 Å². The molecule has 0 saturated heterocycles. The normalized spacial score (nSPS) is 11.7. The third-order valence-electron chi connectivity index (χ3n) is 3.66. The van der Waals surface area contributed by atoms with Crippen LogP contribution in [0.5, 0.6) is 5.75 Å². The van der Waals surface area contributed by atoms with E-state index in [1.807, 2.05) is 60.0 Å². The van der Waals surface area contributed by atoms with Gasteiger partial charge in [0.05, 0.1) is 6.04 Å². The van der Waals surface area contributed by atoms with Crippen LogP contribution in [0.1, 0.15) is 22.2 Å². The fourth-order valence-electron chi connectivity index (χ4n) is 2.45. The van der Waals surface area contributed by atoms with Crippen LogP contribution < -0.4 is 10.1 Å². The molecule has 1 unspecified atom stereocenters. The van der Waals surface area contributed by atoms with Crippen molar-refractivity contribution in [1.82, 2.24) is 10.3 Å². The molecule has 5 nitrogen and oxygen atoms in total. The summed E-state index contributed by atoms with van der Waals surface area (Å²) in [7, 11) is 0. The van der Waals surface area contributed by atoms with E-state index in [1.54, 1.807) is 6.20 Å². The first-order valence-electron chi connectivity index (χ1n) is 7.85. The van der Waals surface area contributed by atoms with E-state index in [2.05, 4.69) is 10.3 Å². The largest absolute Gasteiger partial charge is 0.489 e. The number of nitrogens with one attached hydrogen (secondary N) is 1. The topological polar surface area (TPSA) is 71.5 Å². The molecule has 1 heterocycles. The van der Waals surface area contributed by atoms with E-state index in [4.69, 9.17) is 9.84 Å². The fraction of sp³-hybridized carbons (Fsp3) is 0.158. The van der Waals surface area contributed by atoms with E-state index < -0.39 is 6.09 Å². The van der Waals surface area contributed by atoms with Crippen molar-refractivity contribution >= 4 is 17.4 Å². The molecular weight excluding hydrogens is 336 g/mol. The zero-order valence-electron chi connectivity index (χ0n) is 13.5. The lowest BCUT2D eigenvalue weighted by molar-refractivity contribution is 0.189. The molecule has 2 N–H and O–H groups in total. The monoisotopic (exact) mass is 354 g/mol. The Morgan fingerprint density at radius 3 is 2.52 bits per heavy atom. The van der Waals surface area contributed by atoms with Crippen LogP contribution in [0, 0.1) is 0 Å². The van der Waals surface area contributed by atoms with Gasteiger partial charge in [-0.3, -0.25) is 0 Å². The molecule has 0 bridgehead atoms. The SMILES string of the molecule is O=C(O)NC(Cc1ccc(OCc2ccccc2)cc1)c1nccs1. The second kappa shape index (κ2) is 8.30. The van der Waals surface area contributed by atoms with Crippen LogP contribution in [0.25, 0.3) is 0 Å². The standard InChI is InChI=1S/C19H18N2O3S/c22-19(23)21-17(18-20-10-11-25-18)12-14-6-8-16(9-7-14)24-13-15-4-2-1-3-5-15/h1-11,17,21H,12-13H2,(H,22,23). The molecule has 0 saturated carbocycles. The third kappa shape index (κ3) is 5.06. The smallest absolute Gasteiger partial charge is 0.405 e. The van der Waals surface area contributed by atoms with Crippen LogP contribution in [-0.2, 0) is 13.0 Å². The number of carboxylic acid groups (broad SMARTS) is 1. The second-order valence-corrected chi connectivity index (χ2v) is 6.42. The Hall–Kier alpha value is -2.86. The summed E-state index contributed by atoms with van der Waals surface area (Å²) >= 11 is 1.44. The van der Waals surface area contributed by atoms with Crippen molar-refractivity contribution in [2.45, 2.75) is 19.1 Å². The molecule has 1 amide bonds. The minimum Gasteiger partial charge on any atom is -0.489 e. The van der Waals surface area contributed by atoms with Crippen molar-refractivity contribution in [3.63, 3.8) is 0 Å². The van der Waals surface area contributed by atoms with Gasteiger partial charge in [-0.05, 0) is 29.7 Å². The number of hydrogen-bond donors (Lipinski definition) is 2. The summed E-state index contributed by atoms with van der Waals surface area (Å²) in [5, 5.41) is 14.2. The quantitative estimate of drug-likeness (QED) is 0.664. The number of aromatic nitrogens is 1. The van der Waals surface area contributed by atoms with Gasteiger partial charge in [0, 0.05) is 11.6 Å². The molecule has 0 spiro atoms. The maximum Gasteiger partial charge on any atom is 0.405 e. The average molecular weight is 354 g/mol. The summed E-state index contributed by atoms with van der Waals surface area (Å²) in [6, 6.07) is 17.3. The van der Waals surface area contributed by atoms with E-state index in [0.717, 1.165) is 21.9 Å². The Labute approximate surface area is 149 Å². The third-order valence-corrected chi connectivity index (χ3v) is 4.55. The lowest BCUT2D eigenvalue weighted by atomic mass is 10.1. The summed E-state index contributed by atoms with van der Waals surface area (Å²) in [5.41, 5.74) is 2.13. The van der Waals surface area contributed by atoms with Crippen molar-refractivity contribution in [3.8, 4) is 5.75 Å². The van der Waals surface area contributed by atoms with Crippen molar-refractivity contribution in [2.24, 2.45) is 0 Å². The molecule has 1 atom stereocenters. The molecule has 0 aliphatic carbocycles. The van der Waals surface area contributed by atoms with Crippen molar-refractivity contribution in [2.75, 3.05) is 0 Å². The number of carbonyl (C=O) groups is 1. The second-order valence-electron chi connectivity index (χ2n) is 5.49. The molecule has 3 aromatic rings. The maximum absolute atomic E-state index is 11.0. The Morgan fingerprint density at radius 1 is 1.12 bits per heavy atom. The van der Waals surface area contributed by atoms with Gasteiger partial charge in [0.2, 0.25) is 0 Å². The van der Waals surface area contributed by atoms with Crippen molar-refractivity contribution in [3.05, 3.63) is 82.3 Å². The van der Waals surface area contributed by atoms with Crippen LogP contribution in [0.4, 0.5) is 4.79 Å². The fourth-order valence-corrected chi connectivity index (χ4v) is 3.14. The van der Waals surface area contributed by atoms with E-state index >= 15 is 0 Å². The molecule has 3 rings (SSSR count). The number of amides is 1. The van der Waals surface area contributed by atoms with Gasteiger partial charge in [-0.1, -0.05) is 42.5 Å². The minimum atomic E-state index is -1.05. The van der Waals surface area contributed by atoms with Crippen LogP contribution >= 0.6 is 11.3 Å². The highest BCUT2D eigenvalue weighted by Gasteiger charge is 2.17. The molecule has 1 aromatic heterocycles. The first-order valence-corrected chi connectivity index (χ1v) is 8.73. The molecule has 0 fully saturated rings. The van der Waals surface area contributed by atoms with Crippen LogP contribution in [0.15, 0.2) is 66.2 Å². The van der Waals surface area contributed by atoms with E-state index in [9.17, 15) is 4.79 Å². The predicted molar refractivity (Wildman–Crippen MR) is 96.9 cm³/mol. The highest BCUT2D eigenvalue weighted by Crippen LogP contribution is 2.22. The van der Waals surface area contributed by atoms with Crippen molar-refractivity contribution < 1.29 is 14.6 Å². The van der Waals surface area contributed by atoms with E-state index in [1.165, 1.54) is 11.3 Å². The zero-order chi connectivity index (χ0) is 17.5. The zero-order valence-corrected chi connectivity index (χ0v) is 14.3. The van der Waals surface area contributed by atoms with E-state index in [0.29, 0.717) is 13.0 Å². The number of hydrogen-bond acceptors (Lipinski definition) is 4. The molecule has 2 aromatic carbocycles. The number of thiazole rings is 1. The van der Waals surface area contributed by atoms with Gasteiger partial charge < -0.3 is 15.2 Å². The average Bonchev–Trinajstić information content (AvgIpc) is 3.16. The molecule has 6 heteroatoms. The summed E-state index contributed by atoms with van der Waals surface area (Å²) in [6.45, 7) is 0.516. The number of rotatable bonds is 7.